The van der Waals surface area contributed by atoms with E-state index in [1.54, 1.807) is 7.11 Å². The Bertz CT molecular complexity index is 282. The molecule has 0 aliphatic heterocycles. The van der Waals surface area contributed by atoms with Gasteiger partial charge < -0.3 is 15.0 Å². The van der Waals surface area contributed by atoms with Gasteiger partial charge >= 0.3 is 0 Å². The van der Waals surface area contributed by atoms with Crippen molar-refractivity contribution in [2.45, 2.75) is 33.5 Å². The van der Waals surface area contributed by atoms with Gasteiger partial charge in [0.1, 0.15) is 12.4 Å². The van der Waals surface area contributed by atoms with Crippen LogP contribution < -0.4 is 5.73 Å². The molecule has 0 atom stereocenters. The molecule has 0 unspecified atom stereocenters. The van der Waals surface area contributed by atoms with Crippen molar-refractivity contribution in [3.63, 3.8) is 0 Å². The highest BCUT2D eigenvalue weighted by molar-refractivity contribution is 4.94. The van der Waals surface area contributed by atoms with Crippen LogP contribution in [0.1, 0.15) is 25.5 Å². The number of aromatic nitrogens is 3. The summed E-state index contributed by atoms with van der Waals surface area (Å²) in [6, 6.07) is 0. The second kappa shape index (κ2) is 5.07. The average Bonchev–Trinajstić information content (AvgIpc) is 2.48. The molecule has 1 rings (SSSR count). The monoisotopic (exact) mass is 198 g/mol. The Kier molecular flexibility index (Phi) is 4.03. The Hall–Kier alpha value is -0.940. The van der Waals surface area contributed by atoms with Gasteiger partial charge in [-0.2, -0.15) is 0 Å². The third-order valence-corrected chi connectivity index (χ3v) is 1.91. The number of hydrogen-bond acceptors (Lipinski definition) is 4. The summed E-state index contributed by atoms with van der Waals surface area (Å²) in [5, 5.41) is 8.05. The number of methoxy groups -OCH3 is 1. The molecule has 5 nitrogen and oxygen atoms in total. The molecule has 1 heterocycles. The number of nitrogens with zero attached hydrogens (tertiary/aromatic N) is 3. The van der Waals surface area contributed by atoms with Crippen LogP contribution in [0.15, 0.2) is 0 Å². The normalized spacial score (nSPS) is 11.2. The molecular weight excluding hydrogens is 180 g/mol. The van der Waals surface area contributed by atoms with Gasteiger partial charge in [-0.25, -0.2) is 0 Å². The van der Waals surface area contributed by atoms with E-state index in [4.69, 9.17) is 10.5 Å². The van der Waals surface area contributed by atoms with Crippen LogP contribution >= 0.6 is 0 Å². The topological polar surface area (TPSA) is 66.0 Å². The minimum Gasteiger partial charge on any atom is -0.377 e. The largest absolute Gasteiger partial charge is 0.377 e. The van der Waals surface area contributed by atoms with Crippen molar-refractivity contribution in [3.05, 3.63) is 11.6 Å². The molecule has 2 N–H and O–H groups in total. The zero-order valence-corrected chi connectivity index (χ0v) is 9.03. The first-order chi connectivity index (χ1) is 6.69. The van der Waals surface area contributed by atoms with Gasteiger partial charge in [-0.3, -0.25) is 0 Å². The van der Waals surface area contributed by atoms with Gasteiger partial charge in [-0.05, 0) is 5.92 Å². The zero-order chi connectivity index (χ0) is 10.6. The summed E-state index contributed by atoms with van der Waals surface area (Å²) in [6.45, 7) is 6.09. The molecule has 0 saturated heterocycles. The van der Waals surface area contributed by atoms with Crippen molar-refractivity contribution in [1.82, 2.24) is 14.8 Å². The molecule has 1 aromatic rings. The van der Waals surface area contributed by atoms with E-state index in [2.05, 4.69) is 24.0 Å². The molecule has 0 bridgehead atoms. The molecule has 1 aromatic heterocycles. The van der Waals surface area contributed by atoms with E-state index in [1.165, 1.54) is 0 Å². The van der Waals surface area contributed by atoms with E-state index in [1.807, 2.05) is 4.57 Å². The van der Waals surface area contributed by atoms with Crippen molar-refractivity contribution in [2.24, 2.45) is 11.7 Å². The summed E-state index contributed by atoms with van der Waals surface area (Å²) in [7, 11) is 1.65. The summed E-state index contributed by atoms with van der Waals surface area (Å²) < 4.78 is 7.08. The number of hydrogen-bond donors (Lipinski definition) is 1. The molecule has 80 valence electrons. The SMILES string of the molecule is COCc1nnc(CN)n1CC(C)C. The number of ether oxygens (including phenoxy) is 1. The molecule has 0 saturated carbocycles. The van der Waals surface area contributed by atoms with Crippen molar-refractivity contribution in [1.29, 1.82) is 0 Å². The average molecular weight is 198 g/mol. The maximum Gasteiger partial charge on any atom is 0.159 e. The van der Waals surface area contributed by atoms with Gasteiger partial charge in [0.2, 0.25) is 0 Å². The first-order valence-electron chi connectivity index (χ1n) is 4.79. The van der Waals surface area contributed by atoms with E-state index < -0.39 is 0 Å². The first kappa shape index (κ1) is 11.1. The minimum atomic E-state index is 0.420. The fourth-order valence-electron chi connectivity index (χ4n) is 1.34. The highest BCUT2D eigenvalue weighted by Crippen LogP contribution is 2.07. The fourth-order valence-corrected chi connectivity index (χ4v) is 1.34. The minimum absolute atomic E-state index is 0.420. The van der Waals surface area contributed by atoms with E-state index in [9.17, 15) is 0 Å². The van der Waals surface area contributed by atoms with Crippen LogP contribution in [0, 0.1) is 5.92 Å². The second-order valence-corrected chi connectivity index (χ2v) is 3.67. The summed E-state index contributed by atoms with van der Waals surface area (Å²) >= 11 is 0. The lowest BCUT2D eigenvalue weighted by Gasteiger charge is -2.11. The van der Waals surface area contributed by atoms with Crippen molar-refractivity contribution >= 4 is 0 Å². The van der Waals surface area contributed by atoms with E-state index >= 15 is 0 Å². The summed E-state index contributed by atoms with van der Waals surface area (Å²) in [5.41, 5.74) is 5.57. The molecular formula is C9H18N4O. The fraction of sp³-hybridized carbons (Fsp3) is 0.778. The number of rotatable bonds is 5. The Morgan fingerprint density at radius 3 is 2.50 bits per heavy atom. The Morgan fingerprint density at radius 2 is 2.00 bits per heavy atom. The van der Waals surface area contributed by atoms with Gasteiger partial charge in [0.05, 0.1) is 6.54 Å². The Morgan fingerprint density at radius 1 is 1.36 bits per heavy atom. The summed E-state index contributed by atoms with van der Waals surface area (Å²) in [4.78, 5) is 0. The standard InChI is InChI=1S/C9H18N4O/c1-7(2)5-13-8(4-10)11-12-9(13)6-14-3/h7H,4-6,10H2,1-3H3. The lowest BCUT2D eigenvalue weighted by atomic mass is 10.2. The molecule has 5 heteroatoms. The van der Waals surface area contributed by atoms with Gasteiger partial charge in [-0.1, -0.05) is 13.8 Å². The molecule has 0 aromatic carbocycles. The molecule has 0 fully saturated rings. The summed E-state index contributed by atoms with van der Waals surface area (Å²) in [6.07, 6.45) is 0. The maximum atomic E-state index is 5.57. The highest BCUT2D eigenvalue weighted by atomic mass is 16.5. The van der Waals surface area contributed by atoms with Gasteiger partial charge in [0.25, 0.3) is 0 Å². The molecule has 0 spiro atoms. The smallest absolute Gasteiger partial charge is 0.159 e. The molecule has 0 aliphatic carbocycles. The van der Waals surface area contributed by atoms with Crippen LogP contribution in [-0.2, 0) is 24.4 Å². The van der Waals surface area contributed by atoms with E-state index in [-0.39, 0.29) is 0 Å². The van der Waals surface area contributed by atoms with Gasteiger partial charge in [0, 0.05) is 13.7 Å². The summed E-state index contributed by atoms with van der Waals surface area (Å²) in [5.74, 6) is 2.22. The van der Waals surface area contributed by atoms with Crippen LogP contribution in [0.3, 0.4) is 0 Å². The van der Waals surface area contributed by atoms with Crippen LogP contribution in [-0.4, -0.2) is 21.9 Å². The molecule has 0 aliphatic rings. The first-order valence-corrected chi connectivity index (χ1v) is 4.79. The van der Waals surface area contributed by atoms with Crippen LogP contribution in [0.25, 0.3) is 0 Å². The Balaban J connectivity index is 2.87. The predicted molar refractivity (Wildman–Crippen MR) is 53.5 cm³/mol. The van der Waals surface area contributed by atoms with Gasteiger partial charge in [-0.15, -0.1) is 10.2 Å². The van der Waals surface area contributed by atoms with Crippen molar-refractivity contribution < 1.29 is 4.74 Å². The van der Waals surface area contributed by atoms with Gasteiger partial charge in [0.15, 0.2) is 5.82 Å². The Labute approximate surface area is 84.3 Å². The third-order valence-electron chi connectivity index (χ3n) is 1.91. The van der Waals surface area contributed by atoms with Crippen molar-refractivity contribution in [3.8, 4) is 0 Å². The maximum absolute atomic E-state index is 5.57. The van der Waals surface area contributed by atoms with Crippen LogP contribution in [0.5, 0.6) is 0 Å². The molecule has 0 amide bonds. The van der Waals surface area contributed by atoms with Crippen LogP contribution in [0.2, 0.25) is 0 Å². The van der Waals surface area contributed by atoms with Crippen molar-refractivity contribution in [2.75, 3.05) is 7.11 Å². The third kappa shape index (κ3) is 2.52. The lowest BCUT2D eigenvalue weighted by molar-refractivity contribution is 0.172. The zero-order valence-electron chi connectivity index (χ0n) is 9.03. The second-order valence-electron chi connectivity index (χ2n) is 3.67. The number of nitrogens with two attached hydrogens (primary N) is 1. The van der Waals surface area contributed by atoms with E-state index in [0.29, 0.717) is 19.1 Å². The molecule has 14 heavy (non-hydrogen) atoms. The van der Waals surface area contributed by atoms with Crippen LogP contribution in [0.4, 0.5) is 0 Å². The lowest BCUT2D eigenvalue weighted by Crippen LogP contribution is -2.14. The highest BCUT2D eigenvalue weighted by Gasteiger charge is 2.11. The molecule has 0 radical (unpaired) electrons. The quantitative estimate of drug-likeness (QED) is 0.750. The predicted octanol–water partition coefficient (Wildman–Crippen LogP) is 0.539. The van der Waals surface area contributed by atoms with E-state index in [0.717, 1.165) is 18.2 Å².